The van der Waals surface area contributed by atoms with Crippen LogP contribution in [0, 0.1) is 0 Å². The normalized spacial score (nSPS) is 24.9. The number of piperidine rings is 1. The van der Waals surface area contributed by atoms with E-state index in [1.807, 2.05) is 23.1 Å². The number of rotatable bonds is 2. The average molecular weight is 403 g/mol. The van der Waals surface area contributed by atoms with Gasteiger partial charge in [0, 0.05) is 36.1 Å². The molecule has 156 valence electrons. The first kappa shape index (κ1) is 19.4. The molecule has 2 saturated heterocycles. The molecule has 3 heterocycles. The van der Waals surface area contributed by atoms with Crippen LogP contribution in [-0.2, 0) is 0 Å². The monoisotopic (exact) mass is 402 g/mol. The number of nitrogens with one attached hydrogen (secondary N) is 1. The van der Waals surface area contributed by atoms with Crippen molar-refractivity contribution in [2.75, 3.05) is 13.1 Å². The summed E-state index contributed by atoms with van der Waals surface area (Å²) in [4.78, 5) is 15.1. The highest BCUT2D eigenvalue weighted by Crippen LogP contribution is 2.42. The molecule has 1 N–H and O–H groups in total. The largest absolute Gasteiger partial charge is 0.482 e. The summed E-state index contributed by atoms with van der Waals surface area (Å²) in [6.07, 6.45) is 6.42. The van der Waals surface area contributed by atoms with Gasteiger partial charge < -0.3 is 15.0 Å². The van der Waals surface area contributed by atoms with E-state index in [-0.39, 0.29) is 11.5 Å². The molecule has 3 aliphatic heterocycles. The van der Waals surface area contributed by atoms with Crippen LogP contribution in [0.3, 0.4) is 0 Å². The summed E-state index contributed by atoms with van der Waals surface area (Å²) in [6, 6.07) is 17.1. The van der Waals surface area contributed by atoms with Crippen molar-refractivity contribution in [1.29, 1.82) is 0 Å². The zero-order valence-electron chi connectivity index (χ0n) is 17.9. The first-order valence-electron chi connectivity index (χ1n) is 11.2. The van der Waals surface area contributed by atoms with Gasteiger partial charge in [0.15, 0.2) is 0 Å². The third-order valence-electron chi connectivity index (χ3n) is 6.98. The zero-order valence-corrected chi connectivity index (χ0v) is 17.9. The van der Waals surface area contributed by atoms with Crippen LogP contribution in [0.1, 0.15) is 61.0 Å². The summed E-state index contributed by atoms with van der Waals surface area (Å²) in [5, 5.41) is 3.44. The van der Waals surface area contributed by atoms with Crippen molar-refractivity contribution in [3.63, 3.8) is 0 Å². The fourth-order valence-corrected chi connectivity index (χ4v) is 5.24. The summed E-state index contributed by atoms with van der Waals surface area (Å²) in [7, 11) is 0. The molecule has 0 radical (unpaired) electrons. The van der Waals surface area contributed by atoms with Gasteiger partial charge in [-0.05, 0) is 75.2 Å². The van der Waals surface area contributed by atoms with Crippen molar-refractivity contribution in [3.05, 3.63) is 71.3 Å². The molecule has 2 aromatic carbocycles. The Kier molecular flexibility index (Phi) is 4.90. The van der Waals surface area contributed by atoms with E-state index in [0.717, 1.165) is 61.2 Å². The number of hydrogen-bond donors (Lipinski definition) is 1. The van der Waals surface area contributed by atoms with E-state index in [4.69, 9.17) is 4.74 Å². The molecule has 1 amide bonds. The van der Waals surface area contributed by atoms with Gasteiger partial charge in [0.05, 0.1) is 0 Å². The Morgan fingerprint density at radius 1 is 1.00 bits per heavy atom. The van der Waals surface area contributed by atoms with Crippen LogP contribution >= 0.6 is 0 Å². The second-order valence-corrected chi connectivity index (χ2v) is 9.04. The van der Waals surface area contributed by atoms with Crippen LogP contribution < -0.4 is 10.1 Å². The standard InChI is InChI=1S/C26H30N2O2/c1-18-7-8-19(2)28(18)25(29)21-11-9-20(10-12-21)23-17-26(13-15-27-16-14-26)30-24-6-4-3-5-22(23)24/h3-6,9-12,17-19,27H,7-8,13-16H2,1-2H3. The van der Waals surface area contributed by atoms with Gasteiger partial charge in [-0.2, -0.15) is 0 Å². The second kappa shape index (κ2) is 7.59. The molecule has 2 atom stereocenters. The van der Waals surface area contributed by atoms with Gasteiger partial charge in [0.2, 0.25) is 0 Å². The summed E-state index contributed by atoms with van der Waals surface area (Å²) in [6.45, 7) is 6.23. The van der Waals surface area contributed by atoms with Crippen molar-refractivity contribution in [1.82, 2.24) is 10.2 Å². The summed E-state index contributed by atoms with van der Waals surface area (Å²) in [5.74, 6) is 1.10. The van der Waals surface area contributed by atoms with E-state index >= 15 is 0 Å². The van der Waals surface area contributed by atoms with Gasteiger partial charge in [-0.25, -0.2) is 0 Å². The maximum atomic E-state index is 13.1. The lowest BCUT2D eigenvalue weighted by Crippen LogP contribution is -2.46. The lowest BCUT2D eigenvalue weighted by Gasteiger charge is -2.40. The van der Waals surface area contributed by atoms with Crippen molar-refractivity contribution in [3.8, 4) is 5.75 Å². The van der Waals surface area contributed by atoms with Crippen LogP contribution in [0.4, 0.5) is 0 Å². The van der Waals surface area contributed by atoms with Crippen molar-refractivity contribution < 1.29 is 9.53 Å². The van der Waals surface area contributed by atoms with E-state index in [1.165, 1.54) is 5.57 Å². The molecule has 0 aliphatic carbocycles. The quantitative estimate of drug-likeness (QED) is 0.795. The Hall–Kier alpha value is -2.59. The van der Waals surface area contributed by atoms with Gasteiger partial charge in [-0.15, -0.1) is 0 Å². The van der Waals surface area contributed by atoms with E-state index in [1.54, 1.807) is 0 Å². The molecule has 5 rings (SSSR count). The number of benzene rings is 2. The van der Waals surface area contributed by atoms with Gasteiger partial charge in [0.1, 0.15) is 11.4 Å². The molecule has 4 nitrogen and oxygen atoms in total. The number of ether oxygens (including phenoxy) is 1. The van der Waals surface area contributed by atoms with Crippen LogP contribution in [0.15, 0.2) is 54.6 Å². The third kappa shape index (κ3) is 3.33. The molecule has 3 aliphatic rings. The molecule has 0 aromatic heterocycles. The predicted octanol–water partition coefficient (Wildman–Crippen LogP) is 4.65. The van der Waals surface area contributed by atoms with Gasteiger partial charge in [0.25, 0.3) is 5.91 Å². The van der Waals surface area contributed by atoms with E-state index < -0.39 is 0 Å². The molecule has 2 unspecified atom stereocenters. The molecule has 2 aromatic rings. The highest BCUT2D eigenvalue weighted by Gasteiger charge is 2.37. The average Bonchev–Trinajstić information content (AvgIpc) is 3.11. The Labute approximate surface area is 178 Å². The topological polar surface area (TPSA) is 41.6 Å². The SMILES string of the molecule is CC1CCC(C)N1C(=O)c1ccc(C2=CC3(CCNCC3)Oc3ccccc32)cc1. The van der Waals surface area contributed by atoms with E-state index in [9.17, 15) is 4.79 Å². The number of nitrogens with zero attached hydrogens (tertiary/aromatic N) is 1. The maximum Gasteiger partial charge on any atom is 0.254 e. The van der Waals surface area contributed by atoms with E-state index in [0.29, 0.717) is 12.1 Å². The Morgan fingerprint density at radius 2 is 1.67 bits per heavy atom. The zero-order chi connectivity index (χ0) is 20.7. The van der Waals surface area contributed by atoms with Gasteiger partial charge >= 0.3 is 0 Å². The van der Waals surface area contributed by atoms with Crippen molar-refractivity contribution >= 4 is 11.5 Å². The summed E-state index contributed by atoms with van der Waals surface area (Å²) in [5.41, 5.74) is 4.01. The summed E-state index contributed by atoms with van der Waals surface area (Å²) < 4.78 is 6.49. The molecule has 4 heteroatoms. The van der Waals surface area contributed by atoms with Crippen LogP contribution in [0.2, 0.25) is 0 Å². The lowest BCUT2D eigenvalue weighted by molar-refractivity contribution is 0.0692. The number of amides is 1. The third-order valence-corrected chi connectivity index (χ3v) is 6.98. The first-order valence-corrected chi connectivity index (χ1v) is 11.2. The van der Waals surface area contributed by atoms with Crippen LogP contribution in [-0.4, -0.2) is 41.6 Å². The Morgan fingerprint density at radius 3 is 2.37 bits per heavy atom. The molecule has 30 heavy (non-hydrogen) atoms. The molecule has 2 fully saturated rings. The highest BCUT2D eigenvalue weighted by molar-refractivity contribution is 5.95. The molecular weight excluding hydrogens is 372 g/mol. The molecule has 1 spiro atoms. The predicted molar refractivity (Wildman–Crippen MR) is 120 cm³/mol. The number of hydrogen-bond acceptors (Lipinski definition) is 3. The van der Waals surface area contributed by atoms with Crippen LogP contribution in [0.5, 0.6) is 5.75 Å². The first-order chi connectivity index (χ1) is 14.6. The lowest BCUT2D eigenvalue weighted by atomic mass is 9.83. The maximum absolute atomic E-state index is 13.1. The number of carbonyl (C=O) groups is 1. The second-order valence-electron chi connectivity index (χ2n) is 9.04. The van der Waals surface area contributed by atoms with Crippen LogP contribution in [0.25, 0.3) is 5.57 Å². The Bertz CT molecular complexity index is 963. The van der Waals surface area contributed by atoms with Crippen molar-refractivity contribution in [2.24, 2.45) is 0 Å². The highest BCUT2D eigenvalue weighted by atomic mass is 16.5. The minimum absolute atomic E-state index is 0.148. The number of carbonyl (C=O) groups excluding carboxylic acids is 1. The van der Waals surface area contributed by atoms with E-state index in [2.05, 4.69) is 55.6 Å². The molecule has 0 bridgehead atoms. The van der Waals surface area contributed by atoms with Crippen molar-refractivity contribution in [2.45, 2.75) is 57.2 Å². The minimum Gasteiger partial charge on any atom is -0.482 e. The Balaban J connectivity index is 1.49. The smallest absolute Gasteiger partial charge is 0.254 e. The fourth-order valence-electron chi connectivity index (χ4n) is 5.24. The minimum atomic E-state index is -0.246. The molecular formula is C26H30N2O2. The number of likely N-dealkylation sites (tertiary alicyclic amines) is 1. The molecule has 0 saturated carbocycles. The number of para-hydroxylation sites is 1. The fraction of sp³-hybridized carbons (Fsp3) is 0.423. The summed E-state index contributed by atoms with van der Waals surface area (Å²) >= 11 is 0. The number of fused-ring (bicyclic) bond motifs is 1. The van der Waals surface area contributed by atoms with Gasteiger partial charge in [-0.1, -0.05) is 30.3 Å². The van der Waals surface area contributed by atoms with Gasteiger partial charge in [-0.3, -0.25) is 4.79 Å².